The number of nitrogens with zero attached hydrogens (tertiary/aromatic N) is 1. The van der Waals surface area contributed by atoms with Gasteiger partial charge in [0.05, 0.1) is 7.11 Å². The van der Waals surface area contributed by atoms with Gasteiger partial charge in [-0.05, 0) is 36.4 Å². The topological polar surface area (TPSA) is 76.2 Å². The van der Waals surface area contributed by atoms with Gasteiger partial charge in [0.15, 0.2) is 11.5 Å². The second-order valence-electron chi connectivity index (χ2n) is 5.59. The SMILES string of the molecule is COc1cccc(C=CC(=O)Nc2ccc(-c3ncc[nH]3)cc2)c1OC(F)F. The molecule has 0 spiro atoms. The number of carbonyl (C=O) groups is 1. The molecule has 0 unspecified atom stereocenters. The minimum absolute atomic E-state index is 0.133. The third-order valence-electron chi connectivity index (χ3n) is 3.77. The van der Waals surface area contributed by atoms with Crippen molar-refractivity contribution in [2.75, 3.05) is 12.4 Å². The van der Waals surface area contributed by atoms with Gasteiger partial charge in [0, 0.05) is 35.3 Å². The molecular formula is C20H17F2N3O3. The number of nitrogens with one attached hydrogen (secondary N) is 2. The van der Waals surface area contributed by atoms with Gasteiger partial charge in [0.1, 0.15) is 5.82 Å². The molecule has 28 heavy (non-hydrogen) atoms. The number of hydrogen-bond acceptors (Lipinski definition) is 4. The zero-order chi connectivity index (χ0) is 19.9. The molecule has 0 saturated carbocycles. The first-order valence-electron chi connectivity index (χ1n) is 8.27. The number of benzene rings is 2. The number of amides is 1. The first kappa shape index (κ1) is 19.1. The van der Waals surface area contributed by atoms with Crippen molar-refractivity contribution in [2.24, 2.45) is 0 Å². The highest BCUT2D eigenvalue weighted by atomic mass is 19.3. The lowest BCUT2D eigenvalue weighted by Gasteiger charge is -2.12. The van der Waals surface area contributed by atoms with Crippen LogP contribution in [0.5, 0.6) is 11.5 Å². The number of imidazole rings is 1. The van der Waals surface area contributed by atoms with Gasteiger partial charge in [-0.3, -0.25) is 4.79 Å². The second kappa shape index (κ2) is 8.81. The fourth-order valence-electron chi connectivity index (χ4n) is 2.52. The van der Waals surface area contributed by atoms with Crippen molar-refractivity contribution in [2.45, 2.75) is 6.61 Å². The van der Waals surface area contributed by atoms with Crippen molar-refractivity contribution in [3.8, 4) is 22.9 Å². The van der Waals surface area contributed by atoms with E-state index >= 15 is 0 Å². The second-order valence-corrected chi connectivity index (χ2v) is 5.59. The average Bonchev–Trinajstić information content (AvgIpc) is 3.22. The summed E-state index contributed by atoms with van der Waals surface area (Å²) < 4.78 is 34.8. The van der Waals surface area contributed by atoms with Crippen LogP contribution in [0.25, 0.3) is 17.5 Å². The summed E-state index contributed by atoms with van der Waals surface area (Å²) in [5, 5.41) is 2.70. The molecular weight excluding hydrogens is 368 g/mol. The van der Waals surface area contributed by atoms with E-state index in [0.717, 1.165) is 11.4 Å². The van der Waals surface area contributed by atoms with Crippen molar-refractivity contribution >= 4 is 17.7 Å². The van der Waals surface area contributed by atoms with Crippen molar-refractivity contribution in [1.29, 1.82) is 0 Å². The van der Waals surface area contributed by atoms with E-state index in [-0.39, 0.29) is 11.5 Å². The summed E-state index contributed by atoms with van der Waals surface area (Å²) >= 11 is 0. The molecule has 1 heterocycles. The number of ether oxygens (including phenoxy) is 2. The lowest BCUT2D eigenvalue weighted by Crippen LogP contribution is -2.08. The van der Waals surface area contributed by atoms with E-state index in [1.807, 2.05) is 12.1 Å². The van der Waals surface area contributed by atoms with Crippen LogP contribution in [-0.2, 0) is 4.79 Å². The standard InChI is InChI=1S/C20H17F2N3O3/c1-27-16-4-2-3-13(18(16)28-20(21)22)7-10-17(26)25-15-8-5-14(6-9-15)19-23-11-12-24-19/h2-12,20H,1H3,(H,23,24)(H,25,26). The summed E-state index contributed by atoms with van der Waals surface area (Å²) in [4.78, 5) is 19.3. The van der Waals surface area contributed by atoms with Crippen molar-refractivity contribution in [1.82, 2.24) is 9.97 Å². The van der Waals surface area contributed by atoms with E-state index in [1.54, 1.807) is 36.7 Å². The summed E-state index contributed by atoms with van der Waals surface area (Å²) in [5.41, 5.74) is 1.76. The number of aromatic nitrogens is 2. The molecule has 3 aromatic rings. The predicted molar refractivity (Wildman–Crippen MR) is 101 cm³/mol. The zero-order valence-electron chi connectivity index (χ0n) is 14.9. The summed E-state index contributed by atoms with van der Waals surface area (Å²) in [6, 6.07) is 11.8. The van der Waals surface area contributed by atoms with Crippen LogP contribution in [0.4, 0.5) is 14.5 Å². The monoisotopic (exact) mass is 385 g/mol. The zero-order valence-corrected chi connectivity index (χ0v) is 14.9. The molecule has 0 radical (unpaired) electrons. The molecule has 0 bridgehead atoms. The Kier molecular flexibility index (Phi) is 6.01. The third kappa shape index (κ3) is 4.73. The van der Waals surface area contributed by atoms with Crippen LogP contribution in [-0.4, -0.2) is 29.6 Å². The summed E-state index contributed by atoms with van der Waals surface area (Å²) in [6.07, 6.45) is 5.99. The summed E-state index contributed by atoms with van der Waals surface area (Å²) in [7, 11) is 1.35. The van der Waals surface area contributed by atoms with Crippen LogP contribution in [0, 0.1) is 0 Å². The van der Waals surface area contributed by atoms with Gasteiger partial charge >= 0.3 is 6.61 Å². The summed E-state index contributed by atoms with van der Waals surface area (Å²) in [5.74, 6) is 0.321. The van der Waals surface area contributed by atoms with Gasteiger partial charge < -0.3 is 19.8 Å². The number of anilines is 1. The van der Waals surface area contributed by atoms with Crippen molar-refractivity contribution < 1.29 is 23.0 Å². The lowest BCUT2D eigenvalue weighted by atomic mass is 10.1. The molecule has 6 nitrogen and oxygen atoms in total. The maximum Gasteiger partial charge on any atom is 0.387 e. The van der Waals surface area contributed by atoms with E-state index in [9.17, 15) is 13.6 Å². The molecule has 144 valence electrons. The number of para-hydroxylation sites is 1. The Bertz CT molecular complexity index is 955. The lowest BCUT2D eigenvalue weighted by molar-refractivity contribution is -0.111. The number of aromatic amines is 1. The minimum Gasteiger partial charge on any atom is -0.493 e. The Morgan fingerprint density at radius 1 is 1.21 bits per heavy atom. The third-order valence-corrected chi connectivity index (χ3v) is 3.77. The van der Waals surface area contributed by atoms with Crippen LogP contribution in [0.3, 0.4) is 0 Å². The van der Waals surface area contributed by atoms with Crippen LogP contribution in [0.1, 0.15) is 5.56 Å². The number of rotatable bonds is 7. The number of halogens is 2. The average molecular weight is 385 g/mol. The van der Waals surface area contributed by atoms with Crippen LogP contribution >= 0.6 is 0 Å². The molecule has 0 atom stereocenters. The minimum atomic E-state index is -3.01. The highest BCUT2D eigenvalue weighted by molar-refractivity contribution is 6.02. The number of alkyl halides is 2. The molecule has 0 aliphatic heterocycles. The molecule has 1 aromatic heterocycles. The Morgan fingerprint density at radius 3 is 2.64 bits per heavy atom. The first-order valence-corrected chi connectivity index (χ1v) is 8.27. The Balaban J connectivity index is 1.70. The normalized spacial score (nSPS) is 11.0. The number of hydrogen-bond donors (Lipinski definition) is 2. The van der Waals surface area contributed by atoms with Gasteiger partial charge in [0.25, 0.3) is 0 Å². The molecule has 1 amide bonds. The smallest absolute Gasteiger partial charge is 0.387 e. The van der Waals surface area contributed by atoms with Crippen molar-refractivity contribution in [3.63, 3.8) is 0 Å². The van der Waals surface area contributed by atoms with E-state index in [2.05, 4.69) is 20.0 Å². The van der Waals surface area contributed by atoms with Crippen molar-refractivity contribution in [3.05, 3.63) is 66.5 Å². The van der Waals surface area contributed by atoms with Crippen LogP contribution < -0.4 is 14.8 Å². The Labute approximate surface area is 159 Å². The fourth-order valence-corrected chi connectivity index (χ4v) is 2.52. The van der Waals surface area contributed by atoms with Gasteiger partial charge in [-0.2, -0.15) is 8.78 Å². The highest BCUT2D eigenvalue weighted by Crippen LogP contribution is 2.33. The molecule has 0 aliphatic carbocycles. The van der Waals surface area contributed by atoms with E-state index < -0.39 is 12.5 Å². The first-order chi connectivity index (χ1) is 13.6. The van der Waals surface area contributed by atoms with Gasteiger partial charge in [0.2, 0.25) is 5.91 Å². The number of carbonyl (C=O) groups excluding carboxylic acids is 1. The maximum absolute atomic E-state index is 12.6. The van der Waals surface area contributed by atoms with Gasteiger partial charge in [-0.25, -0.2) is 4.98 Å². The van der Waals surface area contributed by atoms with Crippen LogP contribution in [0.15, 0.2) is 60.9 Å². The van der Waals surface area contributed by atoms with Crippen LogP contribution in [0.2, 0.25) is 0 Å². The molecule has 8 heteroatoms. The highest BCUT2D eigenvalue weighted by Gasteiger charge is 2.14. The molecule has 0 fully saturated rings. The Morgan fingerprint density at radius 2 is 2.00 bits per heavy atom. The number of H-pyrrole nitrogens is 1. The molecule has 0 aliphatic rings. The predicted octanol–water partition coefficient (Wildman–Crippen LogP) is 4.34. The Hall–Kier alpha value is -3.68. The summed E-state index contributed by atoms with van der Waals surface area (Å²) in [6.45, 7) is -3.01. The molecule has 0 saturated heterocycles. The quantitative estimate of drug-likeness (QED) is 0.593. The fraction of sp³-hybridized carbons (Fsp3) is 0.100. The van der Waals surface area contributed by atoms with Gasteiger partial charge in [-0.15, -0.1) is 0 Å². The van der Waals surface area contributed by atoms with E-state index in [1.165, 1.54) is 25.3 Å². The largest absolute Gasteiger partial charge is 0.493 e. The maximum atomic E-state index is 12.6. The number of methoxy groups -OCH3 is 1. The van der Waals surface area contributed by atoms with Gasteiger partial charge in [-0.1, -0.05) is 12.1 Å². The van der Waals surface area contributed by atoms with E-state index in [0.29, 0.717) is 11.3 Å². The molecule has 3 rings (SSSR count). The van der Waals surface area contributed by atoms with E-state index in [4.69, 9.17) is 4.74 Å². The molecule has 2 aromatic carbocycles. The molecule has 2 N–H and O–H groups in total.